The summed E-state index contributed by atoms with van der Waals surface area (Å²) in [6, 6.07) is 2.32. The number of alkyl halides is 6. The Labute approximate surface area is 202 Å². The zero-order valence-corrected chi connectivity index (χ0v) is 19.2. The molecule has 1 saturated carbocycles. The van der Waals surface area contributed by atoms with E-state index >= 15 is 0 Å². The minimum atomic E-state index is -5.08. The van der Waals surface area contributed by atoms with Crippen LogP contribution in [0, 0.1) is 11.3 Å². The van der Waals surface area contributed by atoms with E-state index < -0.39 is 24.3 Å². The van der Waals surface area contributed by atoms with Gasteiger partial charge in [-0.25, -0.2) is 19.6 Å². The number of ether oxygens (including phenoxy) is 1. The SMILES string of the molecule is O=C(O)C(F)(F)F.O=C(O)C(F)(F)F.c1cnc(N2CC3(CCNCC3)CC2COCC2CC2)nc1. The lowest BCUT2D eigenvalue weighted by Gasteiger charge is -2.33. The van der Waals surface area contributed by atoms with Crippen LogP contribution in [-0.2, 0) is 14.3 Å². The summed E-state index contributed by atoms with van der Waals surface area (Å²) in [6.07, 6.45) is -0.0319. The Hall–Kier alpha value is -2.68. The second kappa shape index (κ2) is 12.5. The molecule has 9 nitrogen and oxygen atoms in total. The van der Waals surface area contributed by atoms with Crippen LogP contribution in [0.25, 0.3) is 0 Å². The number of piperidine rings is 1. The van der Waals surface area contributed by atoms with Crippen LogP contribution in [-0.4, -0.2) is 83.4 Å². The predicted molar refractivity (Wildman–Crippen MR) is 113 cm³/mol. The number of halogens is 6. The van der Waals surface area contributed by atoms with Crippen molar-refractivity contribution in [3.8, 4) is 0 Å². The monoisotopic (exact) mass is 530 g/mol. The van der Waals surface area contributed by atoms with Crippen LogP contribution in [0.4, 0.5) is 32.3 Å². The van der Waals surface area contributed by atoms with Gasteiger partial charge in [0, 0.05) is 25.5 Å². The molecule has 0 amide bonds. The summed E-state index contributed by atoms with van der Waals surface area (Å²) in [5.41, 5.74) is 0.429. The summed E-state index contributed by atoms with van der Waals surface area (Å²) in [4.78, 5) is 29.2. The minimum Gasteiger partial charge on any atom is -0.475 e. The summed E-state index contributed by atoms with van der Waals surface area (Å²) in [7, 11) is 0. The number of rotatable bonds is 5. The van der Waals surface area contributed by atoms with Gasteiger partial charge >= 0.3 is 24.3 Å². The Morgan fingerprint density at radius 2 is 1.50 bits per heavy atom. The number of anilines is 1. The highest BCUT2D eigenvalue weighted by molar-refractivity contribution is 5.73. The maximum atomic E-state index is 10.6. The molecule has 3 fully saturated rings. The van der Waals surface area contributed by atoms with Crippen molar-refractivity contribution in [1.29, 1.82) is 0 Å². The predicted octanol–water partition coefficient (Wildman–Crippen LogP) is 3.12. The maximum Gasteiger partial charge on any atom is 0.490 e. The molecule has 1 aromatic rings. The molecule has 15 heteroatoms. The van der Waals surface area contributed by atoms with Gasteiger partial charge in [0.25, 0.3) is 0 Å². The van der Waals surface area contributed by atoms with Crippen molar-refractivity contribution < 1.29 is 50.9 Å². The molecule has 1 aromatic heterocycles. The number of aromatic nitrogens is 2. The Balaban J connectivity index is 0.000000271. The summed E-state index contributed by atoms with van der Waals surface area (Å²) in [5, 5.41) is 17.7. The molecule has 2 saturated heterocycles. The third-order valence-electron chi connectivity index (χ3n) is 5.93. The molecule has 4 rings (SSSR count). The Morgan fingerprint density at radius 3 is 1.94 bits per heavy atom. The van der Waals surface area contributed by atoms with Crippen LogP contribution in [0.2, 0.25) is 0 Å². The van der Waals surface area contributed by atoms with Gasteiger partial charge in [0.15, 0.2) is 0 Å². The first-order valence-corrected chi connectivity index (χ1v) is 11.2. The van der Waals surface area contributed by atoms with E-state index in [0.29, 0.717) is 11.5 Å². The molecule has 1 unspecified atom stereocenters. The van der Waals surface area contributed by atoms with E-state index in [1.54, 1.807) is 0 Å². The number of carboxylic acid groups (broad SMARTS) is 2. The van der Waals surface area contributed by atoms with Gasteiger partial charge in [-0.2, -0.15) is 26.3 Å². The topological polar surface area (TPSA) is 125 Å². The molecule has 3 aliphatic rings. The lowest BCUT2D eigenvalue weighted by molar-refractivity contribution is -0.193. The number of hydrogen-bond donors (Lipinski definition) is 3. The highest BCUT2D eigenvalue weighted by Gasteiger charge is 2.45. The number of carbonyl (C=O) groups is 2. The molecule has 1 atom stereocenters. The van der Waals surface area contributed by atoms with Crippen LogP contribution in [0.1, 0.15) is 32.1 Å². The molecule has 3 N–H and O–H groups in total. The van der Waals surface area contributed by atoms with Crippen LogP contribution >= 0.6 is 0 Å². The third kappa shape index (κ3) is 9.76. The van der Waals surface area contributed by atoms with E-state index in [4.69, 9.17) is 24.5 Å². The molecule has 36 heavy (non-hydrogen) atoms. The zero-order chi connectivity index (χ0) is 27.0. The van der Waals surface area contributed by atoms with Crippen molar-refractivity contribution in [2.24, 2.45) is 11.3 Å². The van der Waals surface area contributed by atoms with Gasteiger partial charge in [0.05, 0.1) is 12.6 Å². The van der Waals surface area contributed by atoms with Crippen molar-refractivity contribution in [3.63, 3.8) is 0 Å². The van der Waals surface area contributed by atoms with E-state index in [-0.39, 0.29) is 0 Å². The van der Waals surface area contributed by atoms with Gasteiger partial charge in [-0.3, -0.25) is 0 Å². The Kier molecular flexibility index (Phi) is 10.3. The second-order valence-electron chi connectivity index (χ2n) is 8.87. The van der Waals surface area contributed by atoms with Crippen molar-refractivity contribution in [3.05, 3.63) is 18.5 Å². The smallest absolute Gasteiger partial charge is 0.475 e. The van der Waals surface area contributed by atoms with Gasteiger partial charge in [0.2, 0.25) is 5.95 Å². The largest absolute Gasteiger partial charge is 0.490 e. The summed E-state index contributed by atoms with van der Waals surface area (Å²) < 4.78 is 69.5. The molecule has 2 aliphatic heterocycles. The second-order valence-corrected chi connectivity index (χ2v) is 8.87. The normalized spacial score (nSPS) is 21.2. The Bertz CT molecular complexity index is 821. The van der Waals surface area contributed by atoms with Crippen LogP contribution < -0.4 is 10.2 Å². The van der Waals surface area contributed by atoms with Crippen molar-refractivity contribution in [2.45, 2.75) is 50.5 Å². The number of hydrogen-bond acceptors (Lipinski definition) is 7. The average molecular weight is 530 g/mol. The molecule has 1 aliphatic carbocycles. The van der Waals surface area contributed by atoms with Crippen LogP contribution in [0.15, 0.2) is 18.5 Å². The summed E-state index contributed by atoms with van der Waals surface area (Å²) in [6.45, 7) is 5.12. The lowest BCUT2D eigenvalue weighted by atomic mass is 9.77. The number of nitrogens with zero attached hydrogens (tertiary/aromatic N) is 3. The first-order chi connectivity index (χ1) is 16.7. The van der Waals surface area contributed by atoms with Crippen LogP contribution in [0.3, 0.4) is 0 Å². The first kappa shape index (κ1) is 29.5. The van der Waals surface area contributed by atoms with E-state index in [1.165, 1.54) is 32.1 Å². The molecule has 204 valence electrons. The third-order valence-corrected chi connectivity index (χ3v) is 5.93. The fourth-order valence-corrected chi connectivity index (χ4v) is 3.96. The van der Waals surface area contributed by atoms with Crippen molar-refractivity contribution >= 4 is 17.9 Å². The number of carboxylic acids is 2. The molecule has 1 spiro atoms. The molecule has 0 radical (unpaired) electrons. The zero-order valence-electron chi connectivity index (χ0n) is 19.2. The molecule has 0 bridgehead atoms. The van der Waals surface area contributed by atoms with E-state index in [9.17, 15) is 26.3 Å². The van der Waals surface area contributed by atoms with Gasteiger partial charge in [-0.15, -0.1) is 0 Å². The maximum absolute atomic E-state index is 10.6. The van der Waals surface area contributed by atoms with Crippen LogP contribution in [0.5, 0.6) is 0 Å². The van der Waals surface area contributed by atoms with Crippen molar-refractivity contribution in [2.75, 3.05) is 37.7 Å². The van der Waals surface area contributed by atoms with Gasteiger partial charge in [-0.05, 0) is 62.6 Å². The lowest BCUT2D eigenvalue weighted by Crippen LogP contribution is -2.39. The van der Waals surface area contributed by atoms with Gasteiger partial charge in [-0.1, -0.05) is 0 Å². The molecular formula is C21H28F6N4O5. The highest BCUT2D eigenvalue weighted by atomic mass is 19.4. The first-order valence-electron chi connectivity index (χ1n) is 11.2. The summed E-state index contributed by atoms with van der Waals surface area (Å²) in [5.74, 6) is -3.81. The van der Waals surface area contributed by atoms with E-state index in [1.807, 2.05) is 18.5 Å². The number of nitrogens with one attached hydrogen (secondary N) is 1. The fraction of sp³-hybridized carbons (Fsp3) is 0.714. The minimum absolute atomic E-state index is 0.429. The van der Waals surface area contributed by atoms with E-state index in [0.717, 1.165) is 44.7 Å². The van der Waals surface area contributed by atoms with E-state index in [2.05, 4.69) is 20.2 Å². The van der Waals surface area contributed by atoms with Crippen molar-refractivity contribution in [1.82, 2.24) is 15.3 Å². The average Bonchev–Trinajstić information content (AvgIpc) is 3.56. The molecule has 0 aromatic carbocycles. The van der Waals surface area contributed by atoms with Gasteiger partial charge in [0.1, 0.15) is 0 Å². The van der Waals surface area contributed by atoms with Gasteiger partial charge < -0.3 is 25.2 Å². The molecule has 3 heterocycles. The molecular weight excluding hydrogens is 502 g/mol. The standard InChI is InChI=1S/C17H26N4O.2C2HF3O2/c1-6-19-16(20-7-1)21-13-17(4-8-18-9-5-17)10-15(21)12-22-11-14-2-3-14;2*3-2(4,5)1(6)7/h1,6-7,14-15,18H,2-5,8-13H2;2*(H,6,7). The quantitative estimate of drug-likeness (QED) is 0.493. The number of aliphatic carboxylic acids is 2. The Morgan fingerprint density at radius 1 is 1.00 bits per heavy atom. The summed E-state index contributed by atoms with van der Waals surface area (Å²) >= 11 is 0. The highest BCUT2D eigenvalue weighted by Crippen LogP contribution is 2.43. The fourth-order valence-electron chi connectivity index (χ4n) is 3.96.